The molecule has 1 amide bonds. The van der Waals surface area contributed by atoms with Gasteiger partial charge in [-0.1, -0.05) is 40.7 Å². The van der Waals surface area contributed by atoms with Crippen LogP contribution in [-0.2, 0) is 11.3 Å². The zero-order chi connectivity index (χ0) is 17.5. The van der Waals surface area contributed by atoms with E-state index < -0.39 is 0 Å². The molecule has 0 saturated heterocycles. The molecule has 1 aromatic rings. The molecule has 23 heavy (non-hydrogen) atoms. The number of ether oxygens (including phenoxy) is 2. The number of nitrogens with one attached hydrogen (secondary N) is 1. The van der Waals surface area contributed by atoms with Crippen molar-refractivity contribution in [3.05, 3.63) is 23.8 Å². The number of carbonyl (C=O) groups is 1. The summed E-state index contributed by atoms with van der Waals surface area (Å²) in [7, 11) is 1.63. The van der Waals surface area contributed by atoms with Crippen LogP contribution in [0.5, 0.6) is 11.5 Å². The number of amides is 1. The summed E-state index contributed by atoms with van der Waals surface area (Å²) < 4.78 is 11.2. The second-order valence-electron chi connectivity index (χ2n) is 6.94. The summed E-state index contributed by atoms with van der Waals surface area (Å²) in [6.07, 6.45) is 1.82. The largest absolute Gasteiger partial charge is 0.493 e. The molecule has 0 saturated carbocycles. The van der Waals surface area contributed by atoms with Crippen molar-refractivity contribution in [1.82, 2.24) is 5.32 Å². The molecule has 1 N–H and O–H groups in total. The first-order chi connectivity index (χ1) is 10.8. The SMILES string of the molecule is CCC(C)(C)C(=O)NCc1ccc(OCCC(C)C)c(OC)c1. The van der Waals surface area contributed by atoms with E-state index >= 15 is 0 Å². The third kappa shape index (κ3) is 6.12. The summed E-state index contributed by atoms with van der Waals surface area (Å²) in [6.45, 7) is 11.4. The van der Waals surface area contributed by atoms with Crippen molar-refractivity contribution >= 4 is 5.91 Å². The molecule has 0 atom stereocenters. The Hall–Kier alpha value is -1.71. The Morgan fingerprint density at radius 3 is 2.52 bits per heavy atom. The molecule has 0 aliphatic carbocycles. The Bertz CT molecular complexity index is 509. The Labute approximate surface area is 140 Å². The fourth-order valence-corrected chi connectivity index (χ4v) is 1.93. The minimum atomic E-state index is -0.343. The van der Waals surface area contributed by atoms with E-state index in [4.69, 9.17) is 9.47 Å². The van der Waals surface area contributed by atoms with Gasteiger partial charge in [0.25, 0.3) is 0 Å². The number of hydrogen-bond acceptors (Lipinski definition) is 3. The lowest BCUT2D eigenvalue weighted by Gasteiger charge is -2.21. The van der Waals surface area contributed by atoms with E-state index in [0.29, 0.717) is 24.8 Å². The molecule has 0 heterocycles. The Morgan fingerprint density at radius 1 is 1.26 bits per heavy atom. The summed E-state index contributed by atoms with van der Waals surface area (Å²) in [6, 6.07) is 5.79. The standard InChI is InChI=1S/C19H31NO3/c1-7-19(4,5)18(21)20-13-15-8-9-16(17(12-15)22-6)23-11-10-14(2)3/h8-9,12,14H,7,10-11,13H2,1-6H3,(H,20,21). The fraction of sp³-hybridized carbons (Fsp3) is 0.632. The van der Waals surface area contributed by atoms with E-state index in [1.807, 2.05) is 39.0 Å². The minimum Gasteiger partial charge on any atom is -0.493 e. The summed E-state index contributed by atoms with van der Waals surface area (Å²) in [4.78, 5) is 12.1. The van der Waals surface area contributed by atoms with Crippen molar-refractivity contribution in [2.24, 2.45) is 11.3 Å². The molecule has 0 bridgehead atoms. The third-order valence-corrected chi connectivity index (χ3v) is 4.13. The molecular weight excluding hydrogens is 290 g/mol. The van der Waals surface area contributed by atoms with Crippen molar-refractivity contribution in [2.75, 3.05) is 13.7 Å². The molecule has 130 valence electrons. The lowest BCUT2D eigenvalue weighted by molar-refractivity contribution is -0.129. The maximum Gasteiger partial charge on any atom is 0.225 e. The number of benzene rings is 1. The first kappa shape index (κ1) is 19.3. The summed E-state index contributed by atoms with van der Waals surface area (Å²) in [5.41, 5.74) is 0.655. The van der Waals surface area contributed by atoms with Gasteiger partial charge < -0.3 is 14.8 Å². The van der Waals surface area contributed by atoms with Gasteiger partial charge in [-0.3, -0.25) is 4.79 Å². The Morgan fingerprint density at radius 2 is 1.96 bits per heavy atom. The molecule has 0 aliphatic heterocycles. The molecule has 0 unspecified atom stereocenters. The van der Waals surface area contributed by atoms with Crippen LogP contribution in [0.25, 0.3) is 0 Å². The van der Waals surface area contributed by atoms with Crippen molar-refractivity contribution in [1.29, 1.82) is 0 Å². The molecule has 0 aromatic heterocycles. The quantitative estimate of drug-likeness (QED) is 0.742. The maximum atomic E-state index is 12.1. The Balaban J connectivity index is 2.66. The number of carbonyl (C=O) groups excluding carboxylic acids is 1. The van der Waals surface area contributed by atoms with Crippen LogP contribution in [-0.4, -0.2) is 19.6 Å². The van der Waals surface area contributed by atoms with E-state index in [1.165, 1.54) is 0 Å². The average molecular weight is 321 g/mol. The van der Waals surface area contributed by atoms with Crippen LogP contribution >= 0.6 is 0 Å². The first-order valence-electron chi connectivity index (χ1n) is 8.38. The molecule has 0 radical (unpaired) electrons. The van der Waals surface area contributed by atoms with Gasteiger partial charge in [0.1, 0.15) is 0 Å². The normalized spacial score (nSPS) is 11.4. The van der Waals surface area contributed by atoms with Gasteiger partial charge >= 0.3 is 0 Å². The molecule has 0 fully saturated rings. The first-order valence-corrected chi connectivity index (χ1v) is 8.38. The zero-order valence-electron chi connectivity index (χ0n) is 15.4. The number of methoxy groups -OCH3 is 1. The molecule has 1 rings (SSSR count). The zero-order valence-corrected chi connectivity index (χ0v) is 15.4. The highest BCUT2D eigenvalue weighted by Gasteiger charge is 2.24. The monoisotopic (exact) mass is 321 g/mol. The summed E-state index contributed by atoms with van der Waals surface area (Å²) in [5, 5.41) is 2.98. The fourth-order valence-electron chi connectivity index (χ4n) is 1.93. The van der Waals surface area contributed by atoms with E-state index in [-0.39, 0.29) is 11.3 Å². The Kier molecular flexibility index (Phi) is 7.40. The van der Waals surface area contributed by atoms with Gasteiger partial charge in [0, 0.05) is 12.0 Å². The average Bonchev–Trinajstić information content (AvgIpc) is 2.52. The van der Waals surface area contributed by atoms with E-state index in [9.17, 15) is 4.79 Å². The van der Waals surface area contributed by atoms with Crippen LogP contribution in [0.4, 0.5) is 0 Å². The van der Waals surface area contributed by atoms with Gasteiger partial charge in [-0.25, -0.2) is 0 Å². The highest BCUT2D eigenvalue weighted by atomic mass is 16.5. The highest BCUT2D eigenvalue weighted by molar-refractivity contribution is 5.81. The molecule has 0 spiro atoms. The molecule has 4 heteroatoms. The lowest BCUT2D eigenvalue weighted by atomic mass is 9.89. The lowest BCUT2D eigenvalue weighted by Crippen LogP contribution is -2.35. The second kappa shape index (κ2) is 8.80. The van der Waals surface area contributed by atoms with Crippen molar-refractivity contribution < 1.29 is 14.3 Å². The topological polar surface area (TPSA) is 47.6 Å². The van der Waals surface area contributed by atoms with Crippen LogP contribution in [0.15, 0.2) is 18.2 Å². The van der Waals surface area contributed by atoms with Crippen LogP contribution < -0.4 is 14.8 Å². The van der Waals surface area contributed by atoms with Crippen LogP contribution in [0.3, 0.4) is 0 Å². The van der Waals surface area contributed by atoms with Gasteiger partial charge in [-0.15, -0.1) is 0 Å². The maximum absolute atomic E-state index is 12.1. The molecule has 1 aromatic carbocycles. The van der Waals surface area contributed by atoms with Crippen LogP contribution in [0.2, 0.25) is 0 Å². The van der Waals surface area contributed by atoms with Gasteiger partial charge in [0.2, 0.25) is 5.91 Å². The summed E-state index contributed by atoms with van der Waals surface area (Å²) in [5.74, 6) is 2.13. The summed E-state index contributed by atoms with van der Waals surface area (Å²) >= 11 is 0. The van der Waals surface area contributed by atoms with Gasteiger partial charge in [0.15, 0.2) is 11.5 Å². The smallest absolute Gasteiger partial charge is 0.225 e. The predicted molar refractivity (Wildman–Crippen MR) is 93.9 cm³/mol. The minimum absolute atomic E-state index is 0.0660. The third-order valence-electron chi connectivity index (χ3n) is 4.13. The molecule has 0 aliphatic rings. The van der Waals surface area contributed by atoms with E-state index in [0.717, 1.165) is 24.2 Å². The highest BCUT2D eigenvalue weighted by Crippen LogP contribution is 2.28. The van der Waals surface area contributed by atoms with Gasteiger partial charge in [-0.2, -0.15) is 0 Å². The van der Waals surface area contributed by atoms with Crippen molar-refractivity contribution in [2.45, 2.75) is 54.0 Å². The van der Waals surface area contributed by atoms with Gasteiger partial charge in [0.05, 0.1) is 13.7 Å². The number of rotatable bonds is 9. The van der Waals surface area contributed by atoms with Gasteiger partial charge in [-0.05, 0) is 36.5 Å². The predicted octanol–water partition coefficient (Wildman–Crippen LogP) is 4.17. The molecule has 4 nitrogen and oxygen atoms in total. The molecular formula is C19H31NO3. The van der Waals surface area contributed by atoms with E-state index in [2.05, 4.69) is 19.2 Å². The number of hydrogen-bond donors (Lipinski definition) is 1. The van der Waals surface area contributed by atoms with Crippen LogP contribution in [0, 0.1) is 11.3 Å². The van der Waals surface area contributed by atoms with Crippen molar-refractivity contribution in [3.8, 4) is 11.5 Å². The van der Waals surface area contributed by atoms with Crippen molar-refractivity contribution in [3.63, 3.8) is 0 Å². The van der Waals surface area contributed by atoms with E-state index in [1.54, 1.807) is 7.11 Å². The van der Waals surface area contributed by atoms with Crippen LogP contribution in [0.1, 0.15) is 53.0 Å². The second-order valence-corrected chi connectivity index (χ2v) is 6.94.